The third-order valence-corrected chi connectivity index (χ3v) is 4.84. The van der Waals surface area contributed by atoms with Gasteiger partial charge in [0, 0.05) is 38.0 Å². The van der Waals surface area contributed by atoms with Gasteiger partial charge in [0.25, 0.3) is 5.56 Å². The van der Waals surface area contributed by atoms with Crippen molar-refractivity contribution in [1.29, 1.82) is 0 Å². The fourth-order valence-electron chi connectivity index (χ4n) is 3.82. The summed E-state index contributed by atoms with van der Waals surface area (Å²) in [6.45, 7) is 7.11. The minimum Gasteiger partial charge on any atom is -0.372 e. The summed E-state index contributed by atoms with van der Waals surface area (Å²) in [6.07, 6.45) is 0.528. The second-order valence-electron chi connectivity index (χ2n) is 7.26. The van der Waals surface area contributed by atoms with Crippen LogP contribution >= 0.6 is 0 Å². The van der Waals surface area contributed by atoms with Crippen LogP contribution in [0.15, 0.2) is 29.1 Å². The van der Waals surface area contributed by atoms with E-state index in [1.807, 2.05) is 20.0 Å². The zero-order chi connectivity index (χ0) is 16.9. The van der Waals surface area contributed by atoms with Crippen LogP contribution in [0, 0.1) is 12.7 Å². The van der Waals surface area contributed by atoms with Crippen molar-refractivity contribution in [1.82, 2.24) is 4.57 Å². The number of benzene rings is 1. The summed E-state index contributed by atoms with van der Waals surface area (Å²) in [5.41, 5.74) is 4.82. The van der Waals surface area contributed by atoms with Crippen molar-refractivity contribution in [2.24, 2.45) is 7.05 Å². The number of pyridine rings is 1. The molecule has 0 spiro atoms. The molecule has 4 heteroatoms. The Bertz CT molecular complexity index is 836. The molecule has 0 amide bonds. The average Bonchev–Trinajstić information content (AvgIpc) is 2.68. The van der Waals surface area contributed by atoms with Gasteiger partial charge in [-0.25, -0.2) is 4.39 Å². The molecule has 0 fully saturated rings. The van der Waals surface area contributed by atoms with Crippen LogP contribution in [-0.2, 0) is 18.9 Å². The Morgan fingerprint density at radius 3 is 2.52 bits per heavy atom. The molecule has 0 bridgehead atoms. The Hall–Kier alpha value is -2.10. The summed E-state index contributed by atoms with van der Waals surface area (Å²) in [5, 5.41) is 0. The minimum absolute atomic E-state index is 0.0378. The first kappa shape index (κ1) is 15.8. The molecule has 3 rings (SSSR count). The Balaban J connectivity index is 2.11. The van der Waals surface area contributed by atoms with Gasteiger partial charge < -0.3 is 9.47 Å². The number of hydrogen-bond acceptors (Lipinski definition) is 2. The van der Waals surface area contributed by atoms with Gasteiger partial charge >= 0.3 is 0 Å². The number of rotatable bonds is 2. The van der Waals surface area contributed by atoms with E-state index < -0.39 is 0 Å². The molecular formula is C19H23FN2O. The zero-order valence-electron chi connectivity index (χ0n) is 14.4. The molecule has 0 atom stereocenters. The normalized spacial score (nSPS) is 15.8. The first-order valence-electron chi connectivity index (χ1n) is 7.90. The van der Waals surface area contributed by atoms with E-state index in [1.165, 1.54) is 12.1 Å². The van der Waals surface area contributed by atoms with Crippen molar-refractivity contribution in [3.05, 3.63) is 62.8 Å². The average molecular weight is 314 g/mol. The molecule has 1 aromatic carbocycles. The van der Waals surface area contributed by atoms with E-state index in [-0.39, 0.29) is 16.8 Å². The third kappa shape index (κ3) is 2.56. The van der Waals surface area contributed by atoms with E-state index in [0.29, 0.717) is 6.42 Å². The molecule has 0 unspecified atom stereocenters. The molecule has 0 saturated carbocycles. The molecular weight excluding hydrogens is 291 g/mol. The molecule has 0 N–H and O–H groups in total. The molecule has 2 heterocycles. The third-order valence-electron chi connectivity index (χ3n) is 4.84. The van der Waals surface area contributed by atoms with Crippen LogP contribution in [-0.4, -0.2) is 18.2 Å². The van der Waals surface area contributed by atoms with Gasteiger partial charge in [0.15, 0.2) is 0 Å². The first-order chi connectivity index (χ1) is 10.7. The number of aromatic nitrogens is 1. The highest BCUT2D eigenvalue weighted by Crippen LogP contribution is 2.38. The molecule has 0 aliphatic carbocycles. The van der Waals surface area contributed by atoms with Crippen molar-refractivity contribution in [2.75, 3.05) is 18.5 Å². The molecule has 0 saturated heterocycles. The van der Waals surface area contributed by atoms with Crippen LogP contribution < -0.4 is 10.5 Å². The maximum atomic E-state index is 13.3. The number of anilines is 1. The molecule has 2 aromatic rings. The number of halogens is 1. The Kier molecular flexibility index (Phi) is 3.58. The predicted molar refractivity (Wildman–Crippen MR) is 91.9 cm³/mol. The van der Waals surface area contributed by atoms with Crippen LogP contribution in [0.25, 0.3) is 0 Å². The minimum atomic E-state index is -0.241. The van der Waals surface area contributed by atoms with E-state index in [9.17, 15) is 9.18 Å². The SMILES string of the molecule is Cc1cc(F)ccc1Cc1cc2c(n(C)c1=O)C(C)(C)CN2C. The Morgan fingerprint density at radius 2 is 1.87 bits per heavy atom. The molecule has 1 aromatic heterocycles. The highest BCUT2D eigenvalue weighted by Gasteiger charge is 2.36. The lowest BCUT2D eigenvalue weighted by molar-refractivity contribution is 0.521. The maximum Gasteiger partial charge on any atom is 0.254 e. The zero-order valence-corrected chi connectivity index (χ0v) is 14.4. The number of likely N-dealkylation sites (N-methyl/N-ethyl adjacent to an activating group) is 1. The van der Waals surface area contributed by atoms with Gasteiger partial charge in [-0.2, -0.15) is 0 Å². The van der Waals surface area contributed by atoms with Crippen LogP contribution in [0.5, 0.6) is 0 Å². The van der Waals surface area contributed by atoms with Crippen LogP contribution in [0.1, 0.15) is 36.2 Å². The quantitative estimate of drug-likeness (QED) is 0.851. The number of hydrogen-bond donors (Lipinski definition) is 0. The predicted octanol–water partition coefficient (Wildman–Crippen LogP) is 3.15. The monoisotopic (exact) mass is 314 g/mol. The molecule has 122 valence electrons. The lowest BCUT2D eigenvalue weighted by Crippen LogP contribution is -2.30. The van der Waals surface area contributed by atoms with Gasteiger partial charge in [-0.1, -0.05) is 19.9 Å². The van der Waals surface area contributed by atoms with Crippen LogP contribution in [0.2, 0.25) is 0 Å². The summed E-state index contributed by atoms with van der Waals surface area (Å²) in [7, 11) is 3.91. The second-order valence-corrected chi connectivity index (χ2v) is 7.26. The Morgan fingerprint density at radius 1 is 1.17 bits per heavy atom. The maximum absolute atomic E-state index is 13.3. The van der Waals surface area contributed by atoms with E-state index in [1.54, 1.807) is 10.6 Å². The van der Waals surface area contributed by atoms with Crippen molar-refractivity contribution in [2.45, 2.75) is 32.6 Å². The molecule has 0 radical (unpaired) electrons. The van der Waals surface area contributed by atoms with E-state index in [2.05, 4.69) is 25.8 Å². The van der Waals surface area contributed by atoms with Gasteiger partial charge in [-0.05, 0) is 36.2 Å². The van der Waals surface area contributed by atoms with Crippen molar-refractivity contribution in [3.8, 4) is 0 Å². The van der Waals surface area contributed by atoms with Gasteiger partial charge in [-0.3, -0.25) is 4.79 Å². The number of aryl methyl sites for hydroxylation is 1. The summed E-state index contributed by atoms with van der Waals surface area (Å²) >= 11 is 0. The van der Waals surface area contributed by atoms with Crippen molar-refractivity contribution < 1.29 is 4.39 Å². The van der Waals surface area contributed by atoms with E-state index in [4.69, 9.17) is 0 Å². The Labute approximate surface area is 136 Å². The van der Waals surface area contributed by atoms with Gasteiger partial charge in [0.05, 0.1) is 11.4 Å². The highest BCUT2D eigenvalue weighted by atomic mass is 19.1. The molecule has 1 aliphatic heterocycles. The van der Waals surface area contributed by atoms with Crippen molar-refractivity contribution >= 4 is 5.69 Å². The van der Waals surface area contributed by atoms with E-state index in [0.717, 1.165) is 34.6 Å². The van der Waals surface area contributed by atoms with Crippen LogP contribution in [0.3, 0.4) is 0 Å². The fraction of sp³-hybridized carbons (Fsp3) is 0.421. The lowest BCUT2D eigenvalue weighted by atomic mass is 9.90. The topological polar surface area (TPSA) is 25.2 Å². The first-order valence-corrected chi connectivity index (χ1v) is 7.90. The van der Waals surface area contributed by atoms with E-state index >= 15 is 0 Å². The van der Waals surface area contributed by atoms with Crippen molar-refractivity contribution in [3.63, 3.8) is 0 Å². The summed E-state index contributed by atoms with van der Waals surface area (Å²) in [5.74, 6) is -0.241. The molecule has 3 nitrogen and oxygen atoms in total. The second kappa shape index (κ2) is 5.22. The number of fused-ring (bicyclic) bond motifs is 1. The highest BCUT2D eigenvalue weighted by molar-refractivity contribution is 5.60. The van der Waals surface area contributed by atoms with Gasteiger partial charge in [0.2, 0.25) is 0 Å². The lowest BCUT2D eigenvalue weighted by Gasteiger charge is -2.20. The molecule has 1 aliphatic rings. The largest absolute Gasteiger partial charge is 0.372 e. The summed E-state index contributed by atoms with van der Waals surface area (Å²) in [6, 6.07) is 6.75. The summed E-state index contributed by atoms with van der Waals surface area (Å²) < 4.78 is 15.1. The van der Waals surface area contributed by atoms with Gasteiger partial charge in [0.1, 0.15) is 5.82 Å². The number of nitrogens with zero attached hydrogens (tertiary/aromatic N) is 2. The summed E-state index contributed by atoms with van der Waals surface area (Å²) in [4.78, 5) is 15.0. The standard InChI is InChI=1S/C19H23FN2O/c1-12-8-15(20)7-6-13(12)9-14-10-16-17(22(5)18(14)23)19(2,3)11-21(16)4/h6-8,10H,9,11H2,1-5H3. The smallest absolute Gasteiger partial charge is 0.254 e. The fourth-order valence-corrected chi connectivity index (χ4v) is 3.82. The molecule has 23 heavy (non-hydrogen) atoms. The van der Waals surface area contributed by atoms with Crippen LogP contribution in [0.4, 0.5) is 10.1 Å². The van der Waals surface area contributed by atoms with Gasteiger partial charge in [-0.15, -0.1) is 0 Å².